The van der Waals surface area contributed by atoms with Gasteiger partial charge >= 0.3 is 6.18 Å². The van der Waals surface area contributed by atoms with Crippen molar-refractivity contribution in [1.29, 1.82) is 0 Å². The maximum absolute atomic E-state index is 12.4. The topological polar surface area (TPSA) is 38.0 Å². The summed E-state index contributed by atoms with van der Waals surface area (Å²) in [6.45, 7) is 0. The minimum Gasteiger partial charge on any atom is -0.271 e. The fourth-order valence-corrected chi connectivity index (χ4v) is 3.64. The summed E-state index contributed by atoms with van der Waals surface area (Å²) in [6.07, 6.45) is -0.0862. The molecule has 1 aromatic carbocycles. The van der Waals surface area contributed by atoms with Crippen molar-refractivity contribution in [1.82, 2.24) is 5.43 Å². The summed E-state index contributed by atoms with van der Waals surface area (Å²) >= 11 is 0. The quantitative estimate of drug-likeness (QED) is 0.614. The smallest absolute Gasteiger partial charge is 0.271 e. The Labute approximate surface area is 123 Å². The lowest BCUT2D eigenvalue weighted by Crippen LogP contribution is -2.50. The fourth-order valence-electron chi connectivity index (χ4n) is 3.64. The van der Waals surface area contributed by atoms with Crippen LogP contribution in [0, 0.1) is 0 Å². The first kappa shape index (κ1) is 16.3. The average Bonchev–Trinajstić information content (AvgIpc) is 2.94. The lowest BCUT2D eigenvalue weighted by atomic mass is 9.71. The first-order valence-electron chi connectivity index (χ1n) is 7.56. The largest absolute Gasteiger partial charge is 0.389 e. The zero-order chi connectivity index (χ0) is 15.3. The van der Waals surface area contributed by atoms with Gasteiger partial charge in [-0.1, -0.05) is 43.2 Å². The monoisotopic (exact) mass is 300 g/mol. The predicted octanol–water partition coefficient (Wildman–Crippen LogP) is 4.06. The Morgan fingerprint density at radius 2 is 1.76 bits per heavy atom. The molecule has 1 aliphatic rings. The Balaban J connectivity index is 2.12. The molecule has 0 heterocycles. The first-order chi connectivity index (χ1) is 9.98. The number of rotatable bonds is 6. The van der Waals surface area contributed by atoms with Crippen LogP contribution in [0.1, 0.15) is 50.5 Å². The van der Waals surface area contributed by atoms with Gasteiger partial charge in [-0.15, -0.1) is 0 Å². The van der Waals surface area contributed by atoms with Crippen molar-refractivity contribution in [3.8, 4) is 0 Å². The Bertz CT molecular complexity index is 425. The molecule has 1 aliphatic carbocycles. The molecule has 0 bridgehead atoms. The molecule has 0 saturated heterocycles. The molecule has 2 nitrogen and oxygen atoms in total. The van der Waals surface area contributed by atoms with E-state index in [4.69, 9.17) is 5.84 Å². The van der Waals surface area contributed by atoms with Crippen molar-refractivity contribution in [2.75, 3.05) is 0 Å². The summed E-state index contributed by atoms with van der Waals surface area (Å²) in [4.78, 5) is 0. The fraction of sp³-hybridized carbons (Fsp3) is 0.625. The Morgan fingerprint density at radius 3 is 2.29 bits per heavy atom. The molecule has 21 heavy (non-hydrogen) atoms. The van der Waals surface area contributed by atoms with E-state index in [0.29, 0.717) is 6.42 Å². The Kier molecular flexibility index (Phi) is 5.27. The number of alkyl halides is 3. The van der Waals surface area contributed by atoms with E-state index in [1.807, 2.05) is 18.2 Å². The molecule has 0 radical (unpaired) electrons. The number of nitrogens with two attached hydrogens (primary N) is 1. The summed E-state index contributed by atoms with van der Waals surface area (Å²) in [5.41, 5.74) is 3.87. The van der Waals surface area contributed by atoms with E-state index in [1.54, 1.807) is 0 Å². The van der Waals surface area contributed by atoms with Crippen LogP contribution in [0.4, 0.5) is 13.2 Å². The SMILES string of the molecule is NNC(CCCC(F)(F)F)C1(c2ccccc2)CCCC1. The zero-order valence-corrected chi connectivity index (χ0v) is 12.1. The van der Waals surface area contributed by atoms with Crippen LogP contribution < -0.4 is 11.3 Å². The number of hydrogen-bond donors (Lipinski definition) is 2. The second-order valence-electron chi connectivity index (χ2n) is 5.96. The molecule has 1 saturated carbocycles. The number of hydrogen-bond acceptors (Lipinski definition) is 2. The lowest BCUT2D eigenvalue weighted by Gasteiger charge is -2.38. The standard InChI is InChI=1S/C16H23F3N2/c17-16(18,19)12-6-9-14(21-20)15(10-4-5-11-15)13-7-2-1-3-8-13/h1-3,7-8,14,21H,4-6,9-12,20H2. The second kappa shape index (κ2) is 6.79. The van der Waals surface area contributed by atoms with E-state index >= 15 is 0 Å². The normalized spacial score (nSPS) is 19.6. The van der Waals surface area contributed by atoms with Crippen molar-refractivity contribution < 1.29 is 13.2 Å². The van der Waals surface area contributed by atoms with Crippen molar-refractivity contribution in [3.05, 3.63) is 35.9 Å². The third-order valence-electron chi connectivity index (χ3n) is 4.67. The van der Waals surface area contributed by atoms with Crippen LogP contribution in [-0.4, -0.2) is 12.2 Å². The van der Waals surface area contributed by atoms with Crippen LogP contribution >= 0.6 is 0 Å². The summed E-state index contributed by atoms with van der Waals surface area (Å²) in [7, 11) is 0. The van der Waals surface area contributed by atoms with E-state index in [2.05, 4.69) is 17.6 Å². The minimum absolute atomic E-state index is 0.107. The molecule has 1 unspecified atom stereocenters. The maximum atomic E-state index is 12.4. The molecule has 3 N–H and O–H groups in total. The highest BCUT2D eigenvalue weighted by Gasteiger charge is 2.42. The number of benzene rings is 1. The summed E-state index contributed by atoms with van der Waals surface area (Å²) in [6, 6.07) is 9.96. The van der Waals surface area contributed by atoms with Crippen LogP contribution in [-0.2, 0) is 5.41 Å². The highest BCUT2D eigenvalue weighted by Crippen LogP contribution is 2.45. The van der Waals surface area contributed by atoms with Crippen molar-refractivity contribution in [3.63, 3.8) is 0 Å². The molecule has 0 aliphatic heterocycles. The molecular weight excluding hydrogens is 277 g/mol. The summed E-state index contributed by atoms with van der Waals surface area (Å²) < 4.78 is 37.1. The van der Waals surface area contributed by atoms with Crippen LogP contribution in [0.25, 0.3) is 0 Å². The van der Waals surface area contributed by atoms with Crippen molar-refractivity contribution in [2.24, 2.45) is 5.84 Å². The number of hydrazine groups is 1. The van der Waals surface area contributed by atoms with Gasteiger partial charge in [-0.3, -0.25) is 11.3 Å². The van der Waals surface area contributed by atoms with Gasteiger partial charge in [0.25, 0.3) is 0 Å². The Hall–Kier alpha value is -1.07. The average molecular weight is 300 g/mol. The van der Waals surface area contributed by atoms with E-state index in [1.165, 1.54) is 5.56 Å². The van der Waals surface area contributed by atoms with Gasteiger partial charge in [0, 0.05) is 17.9 Å². The molecule has 0 amide bonds. The van der Waals surface area contributed by atoms with Gasteiger partial charge < -0.3 is 0 Å². The van der Waals surface area contributed by atoms with Gasteiger partial charge in [-0.25, -0.2) is 0 Å². The van der Waals surface area contributed by atoms with Crippen LogP contribution in [0.5, 0.6) is 0 Å². The van der Waals surface area contributed by atoms with E-state index in [-0.39, 0.29) is 17.9 Å². The highest BCUT2D eigenvalue weighted by atomic mass is 19.4. The van der Waals surface area contributed by atoms with Gasteiger partial charge in [0.2, 0.25) is 0 Å². The third-order valence-corrected chi connectivity index (χ3v) is 4.67. The van der Waals surface area contributed by atoms with Crippen LogP contribution in [0.15, 0.2) is 30.3 Å². The second-order valence-corrected chi connectivity index (χ2v) is 5.96. The molecule has 5 heteroatoms. The molecule has 118 valence electrons. The van der Waals surface area contributed by atoms with Gasteiger partial charge in [0.05, 0.1) is 0 Å². The molecule has 2 rings (SSSR count). The van der Waals surface area contributed by atoms with Gasteiger partial charge in [-0.2, -0.15) is 13.2 Å². The minimum atomic E-state index is -4.09. The van der Waals surface area contributed by atoms with E-state index < -0.39 is 12.6 Å². The predicted molar refractivity (Wildman–Crippen MR) is 77.6 cm³/mol. The van der Waals surface area contributed by atoms with Crippen LogP contribution in [0.2, 0.25) is 0 Å². The molecule has 1 aromatic rings. The molecule has 0 spiro atoms. The lowest BCUT2D eigenvalue weighted by molar-refractivity contribution is -0.136. The Morgan fingerprint density at radius 1 is 1.14 bits per heavy atom. The molecule has 0 aromatic heterocycles. The molecular formula is C16H23F3N2. The van der Waals surface area contributed by atoms with Gasteiger partial charge in [0.15, 0.2) is 0 Å². The van der Waals surface area contributed by atoms with Crippen LogP contribution in [0.3, 0.4) is 0 Å². The third kappa shape index (κ3) is 3.98. The maximum Gasteiger partial charge on any atom is 0.389 e. The van der Waals surface area contributed by atoms with Crippen molar-refractivity contribution >= 4 is 0 Å². The zero-order valence-electron chi connectivity index (χ0n) is 12.1. The summed E-state index contributed by atoms with van der Waals surface area (Å²) in [5.74, 6) is 5.69. The number of nitrogens with one attached hydrogen (secondary N) is 1. The van der Waals surface area contributed by atoms with E-state index in [0.717, 1.165) is 25.7 Å². The highest BCUT2D eigenvalue weighted by molar-refractivity contribution is 5.29. The molecule has 1 atom stereocenters. The summed E-state index contributed by atoms with van der Waals surface area (Å²) in [5, 5.41) is 0. The number of halogens is 3. The first-order valence-corrected chi connectivity index (χ1v) is 7.56. The molecule has 1 fully saturated rings. The van der Waals surface area contributed by atoms with Gasteiger partial charge in [0.1, 0.15) is 0 Å². The van der Waals surface area contributed by atoms with E-state index in [9.17, 15) is 13.2 Å². The van der Waals surface area contributed by atoms with Crippen molar-refractivity contribution in [2.45, 2.75) is 62.6 Å². The van der Waals surface area contributed by atoms with Gasteiger partial charge in [-0.05, 0) is 31.2 Å².